The molecular formula is C17H14FNO2S2. The molecule has 0 radical (unpaired) electrons. The Hall–Kier alpha value is -2.02. The van der Waals surface area contributed by atoms with Crippen LogP contribution >= 0.6 is 11.3 Å². The lowest BCUT2D eigenvalue weighted by atomic mass is 10.1. The van der Waals surface area contributed by atoms with Crippen LogP contribution in [0.3, 0.4) is 0 Å². The van der Waals surface area contributed by atoms with E-state index >= 15 is 0 Å². The second kappa shape index (κ2) is 6.62. The maximum absolute atomic E-state index is 13.0. The fourth-order valence-electron chi connectivity index (χ4n) is 2.23. The molecule has 0 aliphatic heterocycles. The van der Waals surface area contributed by atoms with Crippen molar-refractivity contribution in [3.8, 4) is 0 Å². The summed E-state index contributed by atoms with van der Waals surface area (Å²) in [4.78, 5) is 0.929. The first-order valence-corrected chi connectivity index (χ1v) is 9.29. The number of sulfonamides is 1. The Kier molecular flexibility index (Phi) is 4.56. The monoisotopic (exact) mass is 347 g/mol. The number of rotatable bonds is 5. The summed E-state index contributed by atoms with van der Waals surface area (Å²) < 4.78 is 40.9. The van der Waals surface area contributed by atoms with Gasteiger partial charge in [-0.15, -0.1) is 11.3 Å². The molecule has 0 saturated carbocycles. The Morgan fingerprint density at radius 2 is 1.61 bits per heavy atom. The molecule has 6 heteroatoms. The van der Waals surface area contributed by atoms with Crippen molar-refractivity contribution < 1.29 is 12.8 Å². The van der Waals surface area contributed by atoms with Gasteiger partial charge in [-0.25, -0.2) is 12.8 Å². The molecule has 1 N–H and O–H groups in total. The Morgan fingerprint density at radius 3 is 2.22 bits per heavy atom. The van der Waals surface area contributed by atoms with Gasteiger partial charge in [0.1, 0.15) is 5.82 Å². The van der Waals surface area contributed by atoms with Crippen molar-refractivity contribution >= 4 is 21.4 Å². The van der Waals surface area contributed by atoms with Gasteiger partial charge in [0, 0.05) is 4.88 Å². The number of hydrogen-bond acceptors (Lipinski definition) is 3. The topological polar surface area (TPSA) is 46.2 Å². The number of thiophene rings is 1. The van der Waals surface area contributed by atoms with E-state index in [0.717, 1.165) is 22.6 Å². The van der Waals surface area contributed by atoms with E-state index in [2.05, 4.69) is 4.72 Å². The molecule has 0 aliphatic rings. The van der Waals surface area contributed by atoms with Gasteiger partial charge in [-0.2, -0.15) is 4.72 Å². The third kappa shape index (κ3) is 3.67. The van der Waals surface area contributed by atoms with Gasteiger partial charge < -0.3 is 0 Å². The molecule has 1 heterocycles. The maximum atomic E-state index is 13.0. The van der Waals surface area contributed by atoms with Gasteiger partial charge in [0.25, 0.3) is 0 Å². The van der Waals surface area contributed by atoms with Crippen LogP contribution in [0.25, 0.3) is 0 Å². The van der Waals surface area contributed by atoms with Crippen LogP contribution in [-0.4, -0.2) is 8.42 Å². The van der Waals surface area contributed by atoms with E-state index in [0.29, 0.717) is 0 Å². The van der Waals surface area contributed by atoms with E-state index in [1.807, 2.05) is 47.8 Å². The van der Waals surface area contributed by atoms with Crippen LogP contribution < -0.4 is 4.72 Å². The van der Waals surface area contributed by atoms with E-state index in [1.54, 1.807) is 0 Å². The highest BCUT2D eigenvalue weighted by Crippen LogP contribution is 2.27. The van der Waals surface area contributed by atoms with Gasteiger partial charge in [0.05, 0.1) is 10.9 Å². The number of halogens is 1. The van der Waals surface area contributed by atoms with Crippen molar-refractivity contribution in [3.05, 3.63) is 88.4 Å². The van der Waals surface area contributed by atoms with Crippen molar-refractivity contribution in [2.75, 3.05) is 0 Å². The Balaban J connectivity index is 1.97. The summed E-state index contributed by atoms with van der Waals surface area (Å²) in [6, 6.07) is 17.4. The highest BCUT2D eigenvalue weighted by molar-refractivity contribution is 7.89. The minimum absolute atomic E-state index is 0.0383. The van der Waals surface area contributed by atoms with Crippen LogP contribution in [0.1, 0.15) is 16.5 Å². The van der Waals surface area contributed by atoms with Crippen LogP contribution in [0.15, 0.2) is 77.0 Å². The van der Waals surface area contributed by atoms with Crippen LogP contribution in [0.2, 0.25) is 0 Å². The lowest BCUT2D eigenvalue weighted by Gasteiger charge is -2.18. The minimum Gasteiger partial charge on any atom is -0.207 e. The van der Waals surface area contributed by atoms with Gasteiger partial charge in [-0.05, 0) is 41.3 Å². The van der Waals surface area contributed by atoms with Gasteiger partial charge in [-0.3, -0.25) is 0 Å². The van der Waals surface area contributed by atoms with Crippen molar-refractivity contribution in [3.63, 3.8) is 0 Å². The summed E-state index contributed by atoms with van der Waals surface area (Å²) in [6.45, 7) is 0. The van der Waals surface area contributed by atoms with Crippen molar-refractivity contribution in [2.45, 2.75) is 10.9 Å². The van der Waals surface area contributed by atoms with Crippen molar-refractivity contribution in [2.24, 2.45) is 0 Å². The molecule has 118 valence electrons. The Labute approximate surface area is 138 Å². The van der Waals surface area contributed by atoms with Gasteiger partial charge in [-0.1, -0.05) is 36.4 Å². The summed E-state index contributed by atoms with van der Waals surface area (Å²) in [7, 11) is -3.76. The second-order valence-corrected chi connectivity index (χ2v) is 7.63. The standard InChI is InChI=1S/C17H14FNO2S2/c18-14-8-10-15(11-9-14)23(20,21)19-17(16-7-4-12-22-16)13-5-2-1-3-6-13/h1-12,17,19H/t17-/m0/s1. The summed E-state index contributed by atoms with van der Waals surface area (Å²) in [5.41, 5.74) is 0.848. The fraction of sp³-hybridized carbons (Fsp3) is 0.0588. The maximum Gasteiger partial charge on any atom is 0.241 e. The van der Waals surface area contributed by atoms with Gasteiger partial charge in [0.2, 0.25) is 10.0 Å². The molecule has 3 nitrogen and oxygen atoms in total. The van der Waals surface area contributed by atoms with E-state index < -0.39 is 21.9 Å². The summed E-state index contributed by atoms with van der Waals surface area (Å²) >= 11 is 1.48. The molecule has 0 fully saturated rings. The average molecular weight is 347 g/mol. The van der Waals surface area contributed by atoms with Crippen molar-refractivity contribution in [1.82, 2.24) is 4.72 Å². The molecule has 0 saturated heterocycles. The molecule has 0 amide bonds. The third-order valence-corrected chi connectivity index (χ3v) is 5.73. The predicted molar refractivity (Wildman–Crippen MR) is 89.3 cm³/mol. The molecule has 23 heavy (non-hydrogen) atoms. The fourth-order valence-corrected chi connectivity index (χ4v) is 4.31. The summed E-state index contributed by atoms with van der Waals surface area (Å²) in [5.74, 6) is -0.471. The molecule has 2 aromatic carbocycles. The normalized spacial score (nSPS) is 12.9. The molecule has 0 unspecified atom stereocenters. The smallest absolute Gasteiger partial charge is 0.207 e. The molecule has 0 bridgehead atoms. The van der Waals surface area contributed by atoms with Crippen molar-refractivity contribution in [1.29, 1.82) is 0 Å². The number of benzene rings is 2. The highest BCUT2D eigenvalue weighted by Gasteiger charge is 2.23. The average Bonchev–Trinajstić information content (AvgIpc) is 3.08. The molecule has 1 aromatic heterocycles. The summed E-state index contributed by atoms with van der Waals surface area (Å²) in [6.07, 6.45) is 0. The SMILES string of the molecule is O=S(=O)(N[C@@H](c1ccccc1)c1cccs1)c1ccc(F)cc1. The number of hydrogen-bond donors (Lipinski definition) is 1. The van der Waals surface area contributed by atoms with Crippen LogP contribution in [-0.2, 0) is 10.0 Å². The minimum atomic E-state index is -3.76. The van der Waals surface area contributed by atoms with Gasteiger partial charge >= 0.3 is 0 Å². The lowest BCUT2D eigenvalue weighted by molar-refractivity contribution is 0.572. The third-order valence-electron chi connectivity index (χ3n) is 3.36. The molecule has 0 aliphatic carbocycles. The quantitative estimate of drug-likeness (QED) is 0.759. The van der Waals surface area contributed by atoms with E-state index in [9.17, 15) is 12.8 Å². The van der Waals surface area contributed by atoms with E-state index in [-0.39, 0.29) is 4.90 Å². The molecular weight excluding hydrogens is 333 g/mol. The zero-order chi connectivity index (χ0) is 16.3. The second-order valence-electron chi connectivity index (χ2n) is 4.93. The molecule has 1 atom stereocenters. The largest absolute Gasteiger partial charge is 0.241 e. The first-order chi connectivity index (χ1) is 11.1. The highest BCUT2D eigenvalue weighted by atomic mass is 32.2. The molecule has 3 aromatic rings. The number of nitrogens with one attached hydrogen (secondary N) is 1. The van der Waals surface area contributed by atoms with E-state index in [4.69, 9.17) is 0 Å². The zero-order valence-corrected chi connectivity index (χ0v) is 13.6. The van der Waals surface area contributed by atoms with Crippen LogP contribution in [0.4, 0.5) is 4.39 Å². The molecule has 3 rings (SSSR count). The predicted octanol–water partition coefficient (Wildman–Crippen LogP) is 3.96. The lowest BCUT2D eigenvalue weighted by Crippen LogP contribution is -2.29. The van der Waals surface area contributed by atoms with Crippen LogP contribution in [0.5, 0.6) is 0 Å². The zero-order valence-electron chi connectivity index (χ0n) is 12.0. The first kappa shape index (κ1) is 15.9. The molecule has 0 spiro atoms. The Bertz CT molecular complexity index is 861. The van der Waals surface area contributed by atoms with Crippen LogP contribution in [0, 0.1) is 5.82 Å². The first-order valence-electron chi connectivity index (χ1n) is 6.92. The summed E-state index contributed by atoms with van der Waals surface area (Å²) in [5, 5.41) is 1.90. The van der Waals surface area contributed by atoms with Gasteiger partial charge in [0.15, 0.2) is 0 Å². The van der Waals surface area contributed by atoms with E-state index in [1.165, 1.54) is 23.5 Å². The Morgan fingerprint density at radius 1 is 0.913 bits per heavy atom.